The largest absolute Gasteiger partial charge is 0.369 e. The van der Waals surface area contributed by atoms with Gasteiger partial charge in [-0.05, 0) is 48.1 Å². The predicted octanol–water partition coefficient (Wildman–Crippen LogP) is 3.68. The first-order chi connectivity index (χ1) is 9.78. The molecular weight excluding hydrogens is 244 g/mol. The molecule has 2 heteroatoms. The molecule has 0 N–H and O–H groups in total. The molecule has 0 saturated carbocycles. The SMILES string of the molecule is CN(Cc1ccc2c(c1)CCC2)c1ccccc1C#N. The van der Waals surface area contributed by atoms with Gasteiger partial charge in [-0.2, -0.15) is 5.26 Å². The molecule has 0 spiro atoms. The molecule has 1 aliphatic rings. The van der Waals surface area contributed by atoms with Gasteiger partial charge in [0.15, 0.2) is 0 Å². The van der Waals surface area contributed by atoms with Gasteiger partial charge < -0.3 is 4.90 Å². The molecule has 0 radical (unpaired) electrons. The van der Waals surface area contributed by atoms with Crippen LogP contribution < -0.4 is 4.90 Å². The van der Waals surface area contributed by atoms with Crippen LogP contribution in [0.15, 0.2) is 42.5 Å². The van der Waals surface area contributed by atoms with E-state index >= 15 is 0 Å². The lowest BCUT2D eigenvalue weighted by molar-refractivity contribution is 0.906. The summed E-state index contributed by atoms with van der Waals surface area (Å²) in [5, 5.41) is 9.18. The molecular formula is C18H18N2. The molecule has 2 aromatic carbocycles. The van der Waals surface area contributed by atoms with E-state index in [0.717, 1.165) is 17.8 Å². The van der Waals surface area contributed by atoms with Crippen LogP contribution in [0.1, 0.15) is 28.7 Å². The minimum atomic E-state index is 0.733. The highest BCUT2D eigenvalue weighted by Crippen LogP contribution is 2.25. The van der Waals surface area contributed by atoms with E-state index in [1.807, 2.05) is 31.3 Å². The number of nitrogens with zero attached hydrogens (tertiary/aromatic N) is 2. The summed E-state index contributed by atoms with van der Waals surface area (Å²) in [6.45, 7) is 0.839. The lowest BCUT2D eigenvalue weighted by atomic mass is 10.1. The third-order valence-corrected chi connectivity index (χ3v) is 4.02. The fourth-order valence-electron chi connectivity index (χ4n) is 2.98. The molecule has 2 nitrogen and oxygen atoms in total. The number of para-hydroxylation sites is 1. The van der Waals surface area contributed by atoms with Crippen molar-refractivity contribution >= 4 is 5.69 Å². The Hall–Kier alpha value is -2.27. The lowest BCUT2D eigenvalue weighted by Gasteiger charge is -2.21. The second-order valence-corrected chi connectivity index (χ2v) is 5.44. The molecule has 0 amide bonds. The minimum absolute atomic E-state index is 0.733. The topological polar surface area (TPSA) is 27.0 Å². The maximum Gasteiger partial charge on any atom is 0.101 e. The number of hydrogen-bond donors (Lipinski definition) is 0. The number of hydrogen-bond acceptors (Lipinski definition) is 2. The zero-order chi connectivity index (χ0) is 13.9. The minimum Gasteiger partial charge on any atom is -0.369 e. The van der Waals surface area contributed by atoms with Gasteiger partial charge in [-0.25, -0.2) is 0 Å². The first-order valence-corrected chi connectivity index (χ1v) is 7.09. The van der Waals surface area contributed by atoms with Crippen molar-refractivity contribution in [2.45, 2.75) is 25.8 Å². The second kappa shape index (κ2) is 5.38. The Kier molecular flexibility index (Phi) is 3.43. The molecule has 2 aromatic rings. The number of fused-ring (bicyclic) bond motifs is 1. The molecule has 0 saturated heterocycles. The van der Waals surface area contributed by atoms with Crippen molar-refractivity contribution in [2.75, 3.05) is 11.9 Å². The van der Waals surface area contributed by atoms with Crippen LogP contribution in [0.5, 0.6) is 0 Å². The molecule has 0 aromatic heterocycles. The van der Waals surface area contributed by atoms with Gasteiger partial charge in [-0.15, -0.1) is 0 Å². The summed E-state index contributed by atoms with van der Waals surface area (Å²) in [6, 6.07) is 16.8. The molecule has 0 atom stereocenters. The van der Waals surface area contributed by atoms with Crippen LogP contribution >= 0.6 is 0 Å². The lowest BCUT2D eigenvalue weighted by Crippen LogP contribution is -2.17. The summed E-state index contributed by atoms with van der Waals surface area (Å²) in [7, 11) is 2.05. The predicted molar refractivity (Wildman–Crippen MR) is 81.7 cm³/mol. The Balaban J connectivity index is 1.82. The number of benzene rings is 2. The van der Waals surface area contributed by atoms with E-state index in [9.17, 15) is 5.26 Å². The van der Waals surface area contributed by atoms with Gasteiger partial charge in [0.2, 0.25) is 0 Å². The van der Waals surface area contributed by atoms with Crippen LogP contribution in [0.25, 0.3) is 0 Å². The number of aryl methyl sites for hydroxylation is 2. The van der Waals surface area contributed by atoms with Crippen molar-refractivity contribution in [3.8, 4) is 6.07 Å². The van der Waals surface area contributed by atoms with Crippen molar-refractivity contribution in [3.63, 3.8) is 0 Å². The maximum atomic E-state index is 9.18. The van der Waals surface area contributed by atoms with E-state index in [4.69, 9.17) is 0 Å². The first kappa shape index (κ1) is 12.7. The molecule has 3 rings (SSSR count). The van der Waals surface area contributed by atoms with E-state index in [1.165, 1.54) is 36.0 Å². The van der Waals surface area contributed by atoms with E-state index < -0.39 is 0 Å². The van der Waals surface area contributed by atoms with Crippen molar-refractivity contribution in [1.29, 1.82) is 5.26 Å². The van der Waals surface area contributed by atoms with Gasteiger partial charge in [0.25, 0.3) is 0 Å². The third kappa shape index (κ3) is 2.40. The molecule has 1 aliphatic carbocycles. The monoisotopic (exact) mass is 262 g/mol. The molecule has 0 aliphatic heterocycles. The van der Waals surface area contributed by atoms with E-state index in [2.05, 4.69) is 29.2 Å². The van der Waals surface area contributed by atoms with Crippen LogP contribution in [0, 0.1) is 11.3 Å². The van der Waals surface area contributed by atoms with Gasteiger partial charge in [-0.1, -0.05) is 30.3 Å². The van der Waals surface area contributed by atoms with Crippen molar-refractivity contribution in [3.05, 3.63) is 64.7 Å². The van der Waals surface area contributed by atoms with Gasteiger partial charge in [0.1, 0.15) is 6.07 Å². The van der Waals surface area contributed by atoms with Crippen LogP contribution in [0.2, 0.25) is 0 Å². The van der Waals surface area contributed by atoms with Gasteiger partial charge in [-0.3, -0.25) is 0 Å². The Morgan fingerprint density at radius 1 is 1.10 bits per heavy atom. The van der Waals surface area contributed by atoms with Crippen molar-refractivity contribution in [1.82, 2.24) is 0 Å². The van der Waals surface area contributed by atoms with E-state index in [0.29, 0.717) is 0 Å². The molecule has 100 valence electrons. The molecule has 0 bridgehead atoms. The fourth-order valence-corrected chi connectivity index (χ4v) is 2.98. The highest BCUT2D eigenvalue weighted by Gasteiger charge is 2.12. The van der Waals surface area contributed by atoms with Crippen LogP contribution in [0.4, 0.5) is 5.69 Å². The van der Waals surface area contributed by atoms with Crippen LogP contribution in [-0.2, 0) is 19.4 Å². The average molecular weight is 262 g/mol. The van der Waals surface area contributed by atoms with Gasteiger partial charge >= 0.3 is 0 Å². The standard InChI is InChI=1S/C18H18N2/c1-20(18-8-3-2-5-17(18)12-19)13-14-9-10-15-6-4-7-16(15)11-14/h2-3,5,8-11H,4,6-7,13H2,1H3. The summed E-state index contributed by atoms with van der Waals surface area (Å²) >= 11 is 0. The Labute approximate surface area is 120 Å². The normalized spacial score (nSPS) is 12.8. The van der Waals surface area contributed by atoms with Crippen LogP contribution in [-0.4, -0.2) is 7.05 Å². The van der Waals surface area contributed by atoms with Crippen LogP contribution in [0.3, 0.4) is 0 Å². The smallest absolute Gasteiger partial charge is 0.101 e. The van der Waals surface area contributed by atoms with Gasteiger partial charge in [0.05, 0.1) is 11.3 Å². The van der Waals surface area contributed by atoms with E-state index in [1.54, 1.807) is 0 Å². The third-order valence-electron chi connectivity index (χ3n) is 4.02. The highest BCUT2D eigenvalue weighted by molar-refractivity contribution is 5.59. The summed E-state index contributed by atoms with van der Waals surface area (Å²) in [4.78, 5) is 2.15. The summed E-state index contributed by atoms with van der Waals surface area (Å²) < 4.78 is 0. The Morgan fingerprint density at radius 2 is 1.90 bits per heavy atom. The Bertz CT molecular complexity index is 667. The zero-order valence-corrected chi connectivity index (χ0v) is 11.8. The molecule has 0 unspecified atom stereocenters. The van der Waals surface area contributed by atoms with Crippen molar-refractivity contribution < 1.29 is 0 Å². The quantitative estimate of drug-likeness (QED) is 0.843. The highest BCUT2D eigenvalue weighted by atomic mass is 15.1. The maximum absolute atomic E-state index is 9.18. The molecule has 0 fully saturated rings. The second-order valence-electron chi connectivity index (χ2n) is 5.44. The summed E-state index contributed by atoms with van der Waals surface area (Å²) in [6.07, 6.45) is 3.72. The number of nitriles is 1. The summed E-state index contributed by atoms with van der Waals surface area (Å²) in [5.41, 5.74) is 6.06. The summed E-state index contributed by atoms with van der Waals surface area (Å²) in [5.74, 6) is 0. The van der Waals surface area contributed by atoms with Crippen molar-refractivity contribution in [2.24, 2.45) is 0 Å². The number of rotatable bonds is 3. The van der Waals surface area contributed by atoms with Gasteiger partial charge in [0, 0.05) is 13.6 Å². The average Bonchev–Trinajstić information content (AvgIpc) is 2.94. The Morgan fingerprint density at radius 3 is 2.75 bits per heavy atom. The molecule has 20 heavy (non-hydrogen) atoms. The zero-order valence-electron chi connectivity index (χ0n) is 11.8. The molecule has 0 heterocycles. The first-order valence-electron chi connectivity index (χ1n) is 7.09. The number of anilines is 1. The fraction of sp³-hybridized carbons (Fsp3) is 0.278. The van der Waals surface area contributed by atoms with E-state index in [-0.39, 0.29) is 0 Å².